The van der Waals surface area contributed by atoms with E-state index in [1.165, 1.54) is 0 Å². The summed E-state index contributed by atoms with van der Waals surface area (Å²) in [5, 5.41) is 13.5. The maximum atomic E-state index is 11.5. The van der Waals surface area contributed by atoms with Crippen LogP contribution in [0.15, 0.2) is 42.5 Å². The Bertz CT molecular complexity index is 1010. The molecule has 0 spiro atoms. The number of para-hydroxylation sites is 2. The van der Waals surface area contributed by atoms with Crippen LogP contribution in [0.5, 0.6) is 5.75 Å². The van der Waals surface area contributed by atoms with Gasteiger partial charge < -0.3 is 20.1 Å². The molecule has 5 rings (SSSR count). The highest BCUT2D eigenvalue weighted by Crippen LogP contribution is 2.28. The van der Waals surface area contributed by atoms with Crippen LogP contribution in [-0.2, 0) is 17.8 Å². The minimum absolute atomic E-state index is 0.0541. The summed E-state index contributed by atoms with van der Waals surface area (Å²) in [6.07, 6.45) is 1.16. The second-order valence-electron chi connectivity index (χ2n) is 7.82. The number of H-pyrrole nitrogens is 1. The van der Waals surface area contributed by atoms with Crippen molar-refractivity contribution in [2.45, 2.75) is 38.0 Å². The van der Waals surface area contributed by atoms with Crippen molar-refractivity contribution in [3.63, 3.8) is 0 Å². The quantitative estimate of drug-likeness (QED) is 0.635. The monoisotopic (exact) mass is 392 g/mol. The summed E-state index contributed by atoms with van der Waals surface area (Å²) in [5.74, 6) is 1.71. The van der Waals surface area contributed by atoms with E-state index in [1.54, 1.807) is 0 Å². The molecule has 0 radical (unpaired) electrons. The average Bonchev–Trinajstić information content (AvgIpc) is 3.12. The molecule has 0 saturated carbocycles. The van der Waals surface area contributed by atoms with Gasteiger partial charge in [-0.1, -0.05) is 12.1 Å². The first-order valence-corrected chi connectivity index (χ1v) is 10.1. The molecule has 1 fully saturated rings. The number of aromatic amines is 1. The first-order valence-electron chi connectivity index (χ1n) is 10.1. The minimum Gasteiger partial charge on any atom is -0.488 e. The molecule has 2 aromatic carbocycles. The van der Waals surface area contributed by atoms with E-state index in [0.717, 1.165) is 53.2 Å². The number of fused-ring (bicyclic) bond motifs is 2. The van der Waals surface area contributed by atoms with Crippen LogP contribution < -0.4 is 10.1 Å². The van der Waals surface area contributed by atoms with Crippen molar-refractivity contribution in [2.24, 2.45) is 0 Å². The number of nitrogens with zero attached hydrogens (tertiary/aromatic N) is 2. The number of β-amino-alcohol motifs (C(OH)–C–C–N with tert-alkyl or cyclic N) is 1. The fourth-order valence-corrected chi connectivity index (χ4v) is 4.16. The molecule has 7 heteroatoms. The van der Waals surface area contributed by atoms with Gasteiger partial charge in [-0.3, -0.25) is 9.69 Å². The van der Waals surface area contributed by atoms with Gasteiger partial charge >= 0.3 is 0 Å². The lowest BCUT2D eigenvalue weighted by Gasteiger charge is -2.35. The van der Waals surface area contributed by atoms with Crippen molar-refractivity contribution in [1.82, 2.24) is 14.9 Å². The summed E-state index contributed by atoms with van der Waals surface area (Å²) in [5.41, 5.74) is 3.93. The number of anilines is 1. The van der Waals surface area contributed by atoms with Crippen LogP contribution in [0.3, 0.4) is 0 Å². The van der Waals surface area contributed by atoms with Gasteiger partial charge in [-0.05, 0) is 48.7 Å². The number of carbonyl (C=O) groups is 1. The highest BCUT2D eigenvalue weighted by Gasteiger charge is 2.30. The number of aryl methyl sites for hydroxylation is 1. The molecule has 3 N–H and O–H groups in total. The number of benzene rings is 2. The Hall–Kier alpha value is -2.90. The van der Waals surface area contributed by atoms with E-state index in [4.69, 9.17) is 4.74 Å². The number of aliphatic hydroxyl groups is 1. The second-order valence-corrected chi connectivity index (χ2v) is 7.82. The highest BCUT2D eigenvalue weighted by atomic mass is 16.5. The van der Waals surface area contributed by atoms with E-state index >= 15 is 0 Å². The molecule has 1 aromatic heterocycles. The number of likely N-dealkylation sites (tertiary alicyclic amines) is 1. The van der Waals surface area contributed by atoms with Crippen molar-refractivity contribution in [2.75, 3.05) is 18.4 Å². The number of amides is 1. The van der Waals surface area contributed by atoms with E-state index in [9.17, 15) is 9.90 Å². The van der Waals surface area contributed by atoms with Gasteiger partial charge in [-0.15, -0.1) is 0 Å². The van der Waals surface area contributed by atoms with E-state index in [0.29, 0.717) is 19.5 Å². The molecule has 1 amide bonds. The summed E-state index contributed by atoms with van der Waals surface area (Å²) in [7, 11) is 0. The fraction of sp³-hybridized carbons (Fsp3) is 0.364. The molecule has 2 aliphatic rings. The third kappa shape index (κ3) is 3.83. The molecular weight excluding hydrogens is 368 g/mol. The Kier molecular flexibility index (Phi) is 4.69. The maximum absolute atomic E-state index is 11.5. The SMILES string of the molecule is O=C1CCc2cc(O[C@@H]3CCN(Cc4nc5ccccc5[nH]4)C[C@H]3O)ccc2N1. The zero-order valence-corrected chi connectivity index (χ0v) is 16.1. The Labute approximate surface area is 168 Å². The number of carbonyl (C=O) groups excluding carboxylic acids is 1. The average molecular weight is 392 g/mol. The van der Waals surface area contributed by atoms with Crippen LogP contribution in [0.25, 0.3) is 11.0 Å². The smallest absolute Gasteiger partial charge is 0.224 e. The van der Waals surface area contributed by atoms with E-state index in [1.807, 2.05) is 42.5 Å². The molecule has 2 atom stereocenters. The summed E-state index contributed by atoms with van der Waals surface area (Å²) < 4.78 is 6.09. The fourth-order valence-electron chi connectivity index (χ4n) is 4.16. The topological polar surface area (TPSA) is 90.5 Å². The molecule has 3 aromatic rings. The van der Waals surface area contributed by atoms with Gasteiger partial charge in [0.25, 0.3) is 0 Å². The van der Waals surface area contributed by atoms with Gasteiger partial charge in [0.05, 0.1) is 17.6 Å². The standard InChI is InChI=1S/C22H24N4O3/c27-19-12-26(13-21-23-17-3-1-2-4-18(17)24-21)10-9-20(19)29-15-6-7-16-14(11-15)5-8-22(28)25-16/h1-4,6-7,11,19-20,27H,5,8-10,12-13H2,(H,23,24)(H,25,28)/t19-,20-/m1/s1. The van der Waals surface area contributed by atoms with Crippen molar-refractivity contribution < 1.29 is 14.6 Å². The van der Waals surface area contributed by atoms with Gasteiger partial charge in [-0.25, -0.2) is 4.98 Å². The Morgan fingerprint density at radius 2 is 2.10 bits per heavy atom. The van der Waals surface area contributed by atoms with Crippen LogP contribution in [0.1, 0.15) is 24.2 Å². The Morgan fingerprint density at radius 3 is 2.97 bits per heavy atom. The van der Waals surface area contributed by atoms with Gasteiger partial charge in [0.2, 0.25) is 5.91 Å². The zero-order valence-electron chi connectivity index (χ0n) is 16.1. The normalized spacial score (nSPS) is 22.3. The lowest BCUT2D eigenvalue weighted by Crippen LogP contribution is -2.48. The number of ether oxygens (including phenoxy) is 1. The molecule has 3 heterocycles. The third-order valence-electron chi connectivity index (χ3n) is 5.68. The molecule has 7 nitrogen and oxygen atoms in total. The number of hydrogen-bond donors (Lipinski definition) is 3. The summed E-state index contributed by atoms with van der Waals surface area (Å²) in [6, 6.07) is 13.7. The number of hydrogen-bond acceptors (Lipinski definition) is 5. The minimum atomic E-state index is -0.566. The second kappa shape index (κ2) is 7.50. The molecule has 0 bridgehead atoms. The highest BCUT2D eigenvalue weighted by molar-refractivity contribution is 5.94. The third-order valence-corrected chi connectivity index (χ3v) is 5.68. The van der Waals surface area contributed by atoms with Crippen LogP contribution in [-0.4, -0.2) is 51.2 Å². The molecule has 29 heavy (non-hydrogen) atoms. The first kappa shape index (κ1) is 18.1. The van der Waals surface area contributed by atoms with Crippen LogP contribution in [0, 0.1) is 0 Å². The van der Waals surface area contributed by atoms with Crippen molar-refractivity contribution in [3.8, 4) is 5.75 Å². The molecule has 150 valence electrons. The van der Waals surface area contributed by atoms with E-state index in [2.05, 4.69) is 20.2 Å². The number of imidazole rings is 1. The van der Waals surface area contributed by atoms with Crippen molar-refractivity contribution >= 4 is 22.6 Å². The number of rotatable bonds is 4. The number of aromatic nitrogens is 2. The summed E-state index contributed by atoms with van der Waals surface area (Å²) in [6.45, 7) is 2.06. The zero-order chi connectivity index (χ0) is 19.8. The number of piperidine rings is 1. The predicted molar refractivity (Wildman–Crippen MR) is 110 cm³/mol. The summed E-state index contributed by atoms with van der Waals surface area (Å²) in [4.78, 5) is 21.7. The van der Waals surface area contributed by atoms with Gasteiger partial charge in [-0.2, -0.15) is 0 Å². The maximum Gasteiger partial charge on any atom is 0.224 e. The predicted octanol–water partition coefficient (Wildman–Crippen LogP) is 2.46. The van der Waals surface area contributed by atoms with Crippen LogP contribution in [0.2, 0.25) is 0 Å². The van der Waals surface area contributed by atoms with Crippen molar-refractivity contribution in [3.05, 3.63) is 53.9 Å². The largest absolute Gasteiger partial charge is 0.488 e. The molecule has 0 unspecified atom stereocenters. The van der Waals surface area contributed by atoms with Crippen molar-refractivity contribution in [1.29, 1.82) is 0 Å². The Morgan fingerprint density at radius 1 is 1.21 bits per heavy atom. The first-order chi connectivity index (χ1) is 14.1. The number of nitrogens with one attached hydrogen (secondary N) is 2. The number of aliphatic hydroxyl groups excluding tert-OH is 1. The van der Waals surface area contributed by atoms with Gasteiger partial charge in [0, 0.05) is 25.2 Å². The van der Waals surface area contributed by atoms with Crippen LogP contribution in [0.4, 0.5) is 5.69 Å². The van der Waals surface area contributed by atoms with Gasteiger partial charge in [0.15, 0.2) is 0 Å². The van der Waals surface area contributed by atoms with E-state index < -0.39 is 6.10 Å². The molecule has 2 aliphatic heterocycles. The lowest BCUT2D eigenvalue weighted by molar-refractivity contribution is -0.116. The summed E-state index contributed by atoms with van der Waals surface area (Å²) >= 11 is 0. The Balaban J connectivity index is 1.20. The van der Waals surface area contributed by atoms with Gasteiger partial charge in [0.1, 0.15) is 23.8 Å². The van der Waals surface area contributed by atoms with E-state index in [-0.39, 0.29) is 12.0 Å². The lowest BCUT2D eigenvalue weighted by atomic mass is 10.0. The molecule has 1 saturated heterocycles. The van der Waals surface area contributed by atoms with Crippen LogP contribution >= 0.6 is 0 Å². The molecule has 0 aliphatic carbocycles. The molecular formula is C22H24N4O3.